The molecular formula is C36H40O8. The van der Waals surface area contributed by atoms with Crippen molar-refractivity contribution in [2.45, 2.75) is 71.4 Å². The van der Waals surface area contributed by atoms with Gasteiger partial charge in [0, 0.05) is 12.5 Å². The van der Waals surface area contributed by atoms with Crippen LogP contribution in [-0.4, -0.2) is 52.7 Å². The molecule has 5 rings (SSSR count). The average molecular weight is 601 g/mol. The highest BCUT2D eigenvalue weighted by Crippen LogP contribution is 2.63. The van der Waals surface area contributed by atoms with E-state index in [4.69, 9.17) is 14.2 Å². The number of aliphatic hydroxyl groups is 1. The number of carbonyl (C=O) groups is 4. The third-order valence-electron chi connectivity index (χ3n) is 9.84. The van der Waals surface area contributed by atoms with Crippen LogP contribution in [0.2, 0.25) is 0 Å². The highest BCUT2D eigenvalue weighted by molar-refractivity contribution is 5.96. The van der Waals surface area contributed by atoms with Gasteiger partial charge in [0.1, 0.15) is 23.9 Å². The fraction of sp³-hybridized carbons (Fsp3) is 0.444. The van der Waals surface area contributed by atoms with Crippen LogP contribution < -0.4 is 0 Å². The van der Waals surface area contributed by atoms with Gasteiger partial charge in [-0.2, -0.15) is 0 Å². The van der Waals surface area contributed by atoms with Crippen molar-refractivity contribution >= 4 is 23.7 Å². The van der Waals surface area contributed by atoms with E-state index in [0.29, 0.717) is 23.1 Å². The van der Waals surface area contributed by atoms with Crippen LogP contribution in [0.25, 0.3) is 0 Å². The van der Waals surface area contributed by atoms with Crippen LogP contribution in [0, 0.1) is 29.1 Å². The molecule has 1 N–H and O–H groups in total. The molecule has 0 saturated heterocycles. The summed E-state index contributed by atoms with van der Waals surface area (Å²) in [6.45, 7) is 13.2. The number of esters is 3. The zero-order valence-electron chi connectivity index (χ0n) is 25.8. The summed E-state index contributed by atoms with van der Waals surface area (Å²) < 4.78 is 17.9. The summed E-state index contributed by atoms with van der Waals surface area (Å²) in [5.41, 5.74) is -0.766. The first-order chi connectivity index (χ1) is 20.8. The van der Waals surface area contributed by atoms with Gasteiger partial charge in [0.25, 0.3) is 0 Å². The Bertz CT molecular complexity index is 1490. The number of hydrogen-bond acceptors (Lipinski definition) is 8. The molecule has 2 aromatic rings. The van der Waals surface area contributed by atoms with Gasteiger partial charge < -0.3 is 19.3 Å². The van der Waals surface area contributed by atoms with Gasteiger partial charge >= 0.3 is 17.9 Å². The van der Waals surface area contributed by atoms with Gasteiger partial charge in [-0.3, -0.25) is 9.59 Å². The largest absolute Gasteiger partial charge is 0.458 e. The molecule has 44 heavy (non-hydrogen) atoms. The van der Waals surface area contributed by atoms with Gasteiger partial charge in [0.15, 0.2) is 5.78 Å². The molecule has 8 atom stereocenters. The standard InChI is InChI=1S/C36H40O8/c1-20-19-36(41)21(2)17-26-27(35(26,5)6)18-28(43-33(39)24-13-9-7-10-14-24)22(3)31(42-23(4)37)29(32(36)38)30(20)44-34(40)25-15-11-8-12-16-25/h7-17,20,26-31,41H,3,18-19H2,1-2,4-6H3/b21-17+/t20-,26+,27-,28+,29+,30-,31-,36-/m0/s1. The zero-order valence-corrected chi connectivity index (χ0v) is 25.8. The number of ketones is 1. The van der Waals surface area contributed by atoms with Crippen LogP contribution in [0.15, 0.2) is 84.5 Å². The van der Waals surface area contributed by atoms with Crippen molar-refractivity contribution in [2.75, 3.05) is 0 Å². The lowest BCUT2D eigenvalue weighted by Crippen LogP contribution is -2.60. The molecule has 0 unspecified atom stereocenters. The first kappa shape index (κ1) is 31.4. The van der Waals surface area contributed by atoms with E-state index in [2.05, 4.69) is 20.4 Å². The average Bonchev–Trinajstić information content (AvgIpc) is 3.50. The third-order valence-corrected chi connectivity index (χ3v) is 9.84. The Morgan fingerprint density at radius 2 is 1.45 bits per heavy atom. The Labute approximate surface area is 258 Å². The number of Topliss-reactive ketones (excluding diaryl/α,β-unsaturated/α-hetero) is 1. The predicted octanol–water partition coefficient (Wildman–Crippen LogP) is 5.50. The van der Waals surface area contributed by atoms with E-state index in [-0.39, 0.29) is 29.2 Å². The molecule has 8 nitrogen and oxygen atoms in total. The Balaban J connectivity index is 1.61. The fourth-order valence-electron chi connectivity index (χ4n) is 7.08. The van der Waals surface area contributed by atoms with Crippen molar-refractivity contribution in [3.05, 3.63) is 95.6 Å². The van der Waals surface area contributed by atoms with Crippen molar-refractivity contribution in [3.63, 3.8) is 0 Å². The van der Waals surface area contributed by atoms with Crippen LogP contribution >= 0.6 is 0 Å². The molecule has 0 heterocycles. The van der Waals surface area contributed by atoms with Gasteiger partial charge in [-0.15, -0.1) is 0 Å². The van der Waals surface area contributed by atoms with E-state index >= 15 is 0 Å². The summed E-state index contributed by atoms with van der Waals surface area (Å²) in [4.78, 5) is 53.7. The number of carbonyl (C=O) groups excluding carboxylic acids is 4. The Morgan fingerprint density at radius 1 is 0.909 bits per heavy atom. The number of hydrogen-bond donors (Lipinski definition) is 1. The maximum Gasteiger partial charge on any atom is 0.338 e. The summed E-state index contributed by atoms with van der Waals surface area (Å²) >= 11 is 0. The summed E-state index contributed by atoms with van der Waals surface area (Å²) in [6.07, 6.45) is -1.02. The lowest BCUT2D eigenvalue weighted by Gasteiger charge is -2.46. The van der Waals surface area contributed by atoms with Gasteiger partial charge in [0.05, 0.1) is 17.0 Å². The van der Waals surface area contributed by atoms with Gasteiger partial charge in [-0.05, 0) is 72.8 Å². The molecule has 2 fully saturated rings. The maximum atomic E-state index is 14.5. The zero-order chi connectivity index (χ0) is 32.0. The van der Waals surface area contributed by atoms with Crippen LogP contribution in [0.1, 0.15) is 68.2 Å². The number of allylic oxidation sites excluding steroid dienone is 1. The first-order valence-electron chi connectivity index (χ1n) is 15.1. The van der Waals surface area contributed by atoms with Gasteiger partial charge in [-0.25, -0.2) is 9.59 Å². The number of fused-ring (bicyclic) bond motifs is 3. The minimum atomic E-state index is -1.89. The molecule has 2 aromatic carbocycles. The molecule has 0 aliphatic heterocycles. The van der Waals surface area contributed by atoms with Gasteiger partial charge in [-0.1, -0.05) is 69.8 Å². The molecule has 8 heteroatoms. The quantitative estimate of drug-likeness (QED) is 0.272. The SMILES string of the molecule is C=C1[C@H](OC(=O)c2ccccc2)C[C@H]2[C@@H](/C=C(\C)[C@@]3(O)C[C@H](C)[C@H](OC(=O)c4ccccc4)[C@@H](C3=O)[C@H]1OC(C)=O)C2(C)C. The minimum Gasteiger partial charge on any atom is -0.458 e. The fourth-order valence-corrected chi connectivity index (χ4v) is 7.08. The van der Waals surface area contributed by atoms with Crippen molar-refractivity contribution in [1.29, 1.82) is 0 Å². The van der Waals surface area contributed by atoms with Crippen LogP contribution in [0.5, 0.6) is 0 Å². The second-order valence-electron chi connectivity index (χ2n) is 13.1. The van der Waals surface area contributed by atoms with E-state index in [1.807, 2.05) is 6.08 Å². The monoisotopic (exact) mass is 600 g/mol. The van der Waals surface area contributed by atoms with Crippen molar-refractivity contribution in [1.82, 2.24) is 0 Å². The van der Waals surface area contributed by atoms with E-state index in [1.54, 1.807) is 74.5 Å². The smallest absolute Gasteiger partial charge is 0.338 e. The highest BCUT2D eigenvalue weighted by atomic mass is 16.6. The summed E-state index contributed by atoms with van der Waals surface area (Å²) in [5, 5.41) is 12.1. The molecule has 3 aliphatic carbocycles. The van der Waals surface area contributed by atoms with Crippen molar-refractivity contribution < 1.29 is 38.5 Å². The maximum absolute atomic E-state index is 14.5. The molecule has 0 spiro atoms. The van der Waals surface area contributed by atoms with Crippen molar-refractivity contribution in [3.8, 4) is 0 Å². The molecule has 2 bridgehead atoms. The summed E-state index contributed by atoms with van der Waals surface area (Å²) in [6, 6.07) is 16.9. The lowest BCUT2D eigenvalue weighted by atomic mass is 9.64. The first-order valence-corrected chi connectivity index (χ1v) is 15.1. The van der Waals surface area contributed by atoms with E-state index in [1.165, 1.54) is 6.92 Å². The minimum absolute atomic E-state index is 0.00212. The van der Waals surface area contributed by atoms with E-state index in [9.17, 15) is 24.3 Å². The predicted molar refractivity (Wildman–Crippen MR) is 162 cm³/mol. The normalized spacial score (nSPS) is 33.9. The van der Waals surface area contributed by atoms with E-state index in [0.717, 1.165) is 0 Å². The van der Waals surface area contributed by atoms with Crippen LogP contribution in [-0.2, 0) is 23.8 Å². The molecule has 232 valence electrons. The molecule has 0 amide bonds. The molecule has 0 radical (unpaired) electrons. The third kappa shape index (κ3) is 5.75. The topological polar surface area (TPSA) is 116 Å². The second-order valence-corrected chi connectivity index (χ2v) is 13.1. The van der Waals surface area contributed by atoms with Crippen molar-refractivity contribution in [2.24, 2.45) is 29.1 Å². The Kier molecular flexibility index (Phi) is 8.42. The molecule has 3 aliphatic rings. The summed E-state index contributed by atoms with van der Waals surface area (Å²) in [5.74, 6) is -4.35. The summed E-state index contributed by atoms with van der Waals surface area (Å²) in [7, 11) is 0. The highest BCUT2D eigenvalue weighted by Gasteiger charge is 2.62. The van der Waals surface area contributed by atoms with Crippen LogP contribution in [0.3, 0.4) is 0 Å². The Morgan fingerprint density at radius 3 is 2.00 bits per heavy atom. The van der Waals surface area contributed by atoms with E-state index < -0.39 is 59.4 Å². The molecule has 2 saturated carbocycles. The number of ether oxygens (including phenoxy) is 3. The molecular weight excluding hydrogens is 560 g/mol. The molecule has 0 aromatic heterocycles. The number of rotatable bonds is 5. The number of benzene rings is 2. The second kappa shape index (κ2) is 11.8. The lowest BCUT2D eigenvalue weighted by molar-refractivity contribution is -0.169. The van der Waals surface area contributed by atoms with Crippen LogP contribution in [0.4, 0.5) is 0 Å². The van der Waals surface area contributed by atoms with Gasteiger partial charge in [0.2, 0.25) is 0 Å². The Hall–Kier alpha value is -4.04.